The zero-order valence-corrected chi connectivity index (χ0v) is 49.6. The predicted octanol–water partition coefficient (Wildman–Crippen LogP) is 20.2. The number of aromatic nitrogens is 4. The van der Waals surface area contributed by atoms with Crippen molar-refractivity contribution in [1.82, 2.24) is 14.1 Å². The Kier molecular flexibility index (Phi) is 9.37. The largest absolute Gasteiger partial charge is 0.510 e. The molecular weight excluding hydrogens is 1230 g/mol. The maximum atomic E-state index is 10.4. The molecule has 0 fully saturated rings. The first-order valence-electron chi connectivity index (χ1n) is 36.8. The minimum Gasteiger partial charge on any atom is -0.510 e. The van der Waals surface area contributed by atoms with Crippen molar-refractivity contribution < 1.29 is 55.0 Å². The van der Waals surface area contributed by atoms with E-state index in [2.05, 4.69) is 76.7 Å². The van der Waals surface area contributed by atoms with Crippen LogP contribution >= 0.6 is 0 Å². The molecule has 0 aliphatic carbocycles. The van der Waals surface area contributed by atoms with Crippen LogP contribution in [0.25, 0.3) is 128 Å². The topological polar surface area (TPSA) is 35.9 Å². The van der Waals surface area contributed by atoms with Crippen LogP contribution in [0.4, 0.5) is 0 Å². The predicted molar refractivity (Wildman–Crippen MR) is 349 cm³/mol. The Balaban J connectivity index is 0.00000913. The third kappa shape index (κ3) is 9.48. The average molecular weight is 1310 g/mol. The third-order valence-corrected chi connectivity index (χ3v) is 15.6. The monoisotopic (exact) mass is 1310 g/mol. The number of benzene rings is 11. The van der Waals surface area contributed by atoms with Crippen LogP contribution in [0.3, 0.4) is 0 Å². The first kappa shape index (κ1) is 37.6. The standard InChI is InChI=1S/C80H60N4O.Pt/c1-79(2,3)59-41-42-81-75(48-59)84-72-38-19-18-33-66(72)67-40-39-62(50-73(67)84)85-61-30-20-29-60(49-61)82-51-83-77-69(36-22-37-71(77)80(4,5)6)76-63(54-27-14-9-15-28-54)34-21-35-68(76)64-31-16-17-32-65(64)70-46-58(47-74(82)78(70)83)57-44-55(52-23-10-7-11-24-52)43-56(45-57)53-25-12-8-13-26-53;/h7-48H,1-6H3;/q-2;/i7D,8D,9D,10D,11D,12D,13D,14D,15D,23D,24D,25D,26D,27D,28D,43D,44D,45D;. The molecule has 1 aliphatic rings. The summed E-state index contributed by atoms with van der Waals surface area (Å²) in [5, 5.41) is 1.89. The fourth-order valence-corrected chi connectivity index (χ4v) is 11.7. The van der Waals surface area contributed by atoms with Gasteiger partial charge in [-0.05, 0) is 153 Å². The van der Waals surface area contributed by atoms with Crippen molar-refractivity contribution in [3.05, 3.63) is 284 Å². The van der Waals surface area contributed by atoms with Gasteiger partial charge in [-0.2, -0.15) is 18.2 Å². The molecule has 5 nitrogen and oxygen atoms in total. The number of para-hydroxylation sites is 2. The molecule has 6 heteroatoms. The molecule has 11 aromatic carbocycles. The molecule has 15 rings (SSSR count). The molecule has 0 radical (unpaired) electrons. The molecule has 14 aromatic rings. The van der Waals surface area contributed by atoms with Gasteiger partial charge in [-0.15, -0.1) is 29.7 Å². The fraction of sp³-hybridized carbons (Fsp3) is 0.100. The number of imidazole rings is 1. The summed E-state index contributed by atoms with van der Waals surface area (Å²) in [4.78, 5) is 4.87. The van der Waals surface area contributed by atoms with Gasteiger partial charge in [0.2, 0.25) is 0 Å². The van der Waals surface area contributed by atoms with Gasteiger partial charge >= 0.3 is 0 Å². The Bertz CT molecular complexity index is 5890. The Morgan fingerprint density at radius 1 is 0.477 bits per heavy atom. The van der Waals surface area contributed by atoms with Crippen molar-refractivity contribution in [2.24, 2.45) is 0 Å². The maximum absolute atomic E-state index is 10.4. The van der Waals surface area contributed by atoms with Crippen molar-refractivity contribution in [3.63, 3.8) is 0 Å². The van der Waals surface area contributed by atoms with Crippen molar-refractivity contribution in [2.45, 2.75) is 52.4 Å². The number of pyridine rings is 1. The van der Waals surface area contributed by atoms with Gasteiger partial charge in [0.1, 0.15) is 5.82 Å². The van der Waals surface area contributed by atoms with Crippen LogP contribution in [-0.4, -0.2) is 14.1 Å². The molecule has 86 heavy (non-hydrogen) atoms. The Labute approximate surface area is 542 Å². The van der Waals surface area contributed by atoms with Gasteiger partial charge in [0.25, 0.3) is 6.33 Å². The molecule has 0 saturated heterocycles. The molecule has 0 amide bonds. The van der Waals surface area contributed by atoms with Gasteiger partial charge in [-0.25, -0.2) is 4.98 Å². The van der Waals surface area contributed by atoms with Crippen molar-refractivity contribution >= 4 is 32.8 Å². The van der Waals surface area contributed by atoms with Crippen LogP contribution in [0.15, 0.2) is 254 Å². The first-order chi connectivity index (χ1) is 48.9. The van der Waals surface area contributed by atoms with Gasteiger partial charge in [0.15, 0.2) is 0 Å². The van der Waals surface area contributed by atoms with Crippen LogP contribution < -0.4 is 9.30 Å². The van der Waals surface area contributed by atoms with E-state index in [1.165, 1.54) is 0 Å². The van der Waals surface area contributed by atoms with Crippen LogP contribution in [0.1, 0.15) is 77.3 Å². The Morgan fingerprint density at radius 2 is 1.07 bits per heavy atom. The normalized spacial score (nSPS) is 14.9. The van der Waals surface area contributed by atoms with Gasteiger partial charge in [-0.3, -0.25) is 4.57 Å². The van der Waals surface area contributed by atoms with E-state index in [0.29, 0.717) is 78.4 Å². The van der Waals surface area contributed by atoms with Gasteiger partial charge in [0.05, 0.1) is 41.4 Å². The summed E-state index contributed by atoms with van der Waals surface area (Å²) in [6, 6.07) is 37.8. The van der Waals surface area contributed by atoms with E-state index in [0.717, 1.165) is 27.4 Å². The van der Waals surface area contributed by atoms with Gasteiger partial charge in [0, 0.05) is 44.3 Å². The zero-order valence-electron chi connectivity index (χ0n) is 65.4. The van der Waals surface area contributed by atoms with Gasteiger partial charge in [-0.1, -0.05) is 223 Å². The summed E-state index contributed by atoms with van der Waals surface area (Å²) in [5.74, 6) is 1.26. The summed E-state index contributed by atoms with van der Waals surface area (Å²) in [5.41, 5.74) is 5.09. The number of hydrogen-bond acceptors (Lipinski definition) is 2. The van der Waals surface area contributed by atoms with E-state index in [1.54, 1.807) is 53.2 Å². The SMILES string of the molecule is [2H]c1c([2H])c([2H])c(-c2cccc3c2-c2cccc(C(C)(C)C)c2-[n+]2[c-]n(-c4[c-]c(Oc5[c-]c6c(cc5)c5ccccc5n6-c5cc(C(C)(C)C)ccn5)ccc4)c4cc(-c5c([2H])c(-c6c([2H])c([2H])c([2H])c([2H])c6[2H])c([2H])c(-c6c([2H])c([2H])c([2H])c([2H])c6[2H])c5[2H])cc(c42)-c2ccccc2-3)c([2H])c1[2H].[Pt]. The van der Waals surface area contributed by atoms with E-state index in [9.17, 15) is 12.3 Å². The molecule has 0 N–H and O–H groups in total. The third-order valence-electron chi connectivity index (χ3n) is 15.6. The van der Waals surface area contributed by atoms with Gasteiger partial charge < -0.3 is 13.9 Å². The van der Waals surface area contributed by atoms with Crippen LogP contribution in [0.5, 0.6) is 11.5 Å². The number of rotatable bonds is 8. The summed E-state index contributed by atoms with van der Waals surface area (Å²) in [7, 11) is 0. The Hall–Kier alpha value is -9.67. The second-order valence-corrected chi connectivity index (χ2v) is 23.0. The number of fused-ring (bicyclic) bond motifs is 10. The number of hydrogen-bond donors (Lipinski definition) is 0. The summed E-state index contributed by atoms with van der Waals surface area (Å²) >= 11 is 0. The average Bonchev–Trinajstić information content (AvgIpc) is 1.41. The summed E-state index contributed by atoms with van der Waals surface area (Å²) < 4.78 is 178. The molecule has 0 spiro atoms. The van der Waals surface area contributed by atoms with Crippen LogP contribution in [0, 0.1) is 18.5 Å². The van der Waals surface area contributed by atoms with Crippen molar-refractivity contribution in [1.29, 1.82) is 0 Å². The molecule has 0 saturated carbocycles. The minimum atomic E-state index is -0.809. The zero-order chi connectivity index (χ0) is 73.2. The number of nitrogens with zero attached hydrogens (tertiary/aromatic N) is 4. The van der Waals surface area contributed by atoms with E-state index >= 15 is 0 Å². The molecule has 0 bridgehead atoms. The second-order valence-electron chi connectivity index (χ2n) is 23.0. The van der Waals surface area contributed by atoms with Crippen molar-refractivity contribution in [3.8, 4) is 107 Å². The second kappa shape index (κ2) is 21.4. The molecule has 418 valence electrons. The first-order valence-corrected chi connectivity index (χ1v) is 27.8. The number of ether oxygens (including phenoxy) is 1. The van der Waals surface area contributed by atoms with E-state index in [1.807, 2.05) is 89.5 Å². The minimum absolute atomic E-state index is 0. The molecule has 1 aliphatic heterocycles. The van der Waals surface area contributed by atoms with E-state index < -0.39 is 136 Å². The Morgan fingerprint density at radius 3 is 1.77 bits per heavy atom. The molecule has 0 atom stereocenters. The quantitative estimate of drug-likeness (QED) is 0.112. The maximum Gasteiger partial charge on any atom is 0.268 e. The molecular formula is C80H60N4OPt-2. The van der Waals surface area contributed by atoms with Crippen LogP contribution in [-0.2, 0) is 31.9 Å². The molecule has 3 aromatic heterocycles. The fourth-order valence-electron chi connectivity index (χ4n) is 11.7. The molecule has 4 heterocycles. The summed E-state index contributed by atoms with van der Waals surface area (Å²) in [6.45, 7) is 12.6. The molecule has 0 unspecified atom stereocenters. The summed E-state index contributed by atoms with van der Waals surface area (Å²) in [6.07, 6.45) is 5.54. The van der Waals surface area contributed by atoms with Crippen molar-refractivity contribution in [2.75, 3.05) is 0 Å². The van der Waals surface area contributed by atoms with Crippen LogP contribution in [0.2, 0.25) is 0 Å². The smallest absolute Gasteiger partial charge is 0.268 e. The van der Waals surface area contributed by atoms with E-state index in [-0.39, 0.29) is 48.9 Å². The van der Waals surface area contributed by atoms with E-state index in [4.69, 9.17) is 22.1 Å².